The molecule has 1 rings (SSSR count). The van der Waals surface area contributed by atoms with Crippen LogP contribution in [0.1, 0.15) is 44.1 Å². The maximum absolute atomic E-state index is 5.56. The predicted octanol–water partition coefficient (Wildman–Crippen LogP) is 2.17. The Bertz CT molecular complexity index is 391. The highest BCUT2D eigenvalue weighted by molar-refractivity contribution is 5.26. The molecular formula is C16H31N3O2. The normalized spacial score (nSPS) is 11.2. The van der Waals surface area contributed by atoms with Gasteiger partial charge in [-0.05, 0) is 25.8 Å². The number of hydrogen-bond acceptors (Lipinski definition) is 4. The molecule has 1 aromatic heterocycles. The lowest BCUT2D eigenvalue weighted by Crippen LogP contribution is -2.16. The Labute approximate surface area is 129 Å². The molecule has 1 heterocycles. The Hall–Kier alpha value is -0.910. The first kappa shape index (κ1) is 18.1. The third-order valence-corrected chi connectivity index (χ3v) is 3.53. The maximum Gasteiger partial charge on any atom is 0.0701 e. The van der Waals surface area contributed by atoms with Crippen LogP contribution in [0.15, 0.2) is 0 Å². The van der Waals surface area contributed by atoms with E-state index >= 15 is 0 Å². The van der Waals surface area contributed by atoms with E-state index in [1.54, 1.807) is 7.11 Å². The van der Waals surface area contributed by atoms with Gasteiger partial charge in [-0.3, -0.25) is 4.68 Å². The summed E-state index contributed by atoms with van der Waals surface area (Å²) in [7, 11) is 1.69. The van der Waals surface area contributed by atoms with Gasteiger partial charge in [-0.2, -0.15) is 5.10 Å². The summed E-state index contributed by atoms with van der Waals surface area (Å²) in [5.74, 6) is 0. The van der Waals surface area contributed by atoms with Crippen LogP contribution < -0.4 is 5.32 Å². The topological polar surface area (TPSA) is 48.3 Å². The second-order valence-electron chi connectivity index (χ2n) is 5.08. The molecule has 122 valence electrons. The first-order valence-corrected chi connectivity index (χ1v) is 8.13. The Kier molecular flexibility index (Phi) is 9.30. The van der Waals surface area contributed by atoms with Crippen molar-refractivity contribution < 1.29 is 9.47 Å². The number of rotatable bonds is 12. The summed E-state index contributed by atoms with van der Waals surface area (Å²) in [6.07, 6.45) is 3.15. The van der Waals surface area contributed by atoms with Gasteiger partial charge in [0, 0.05) is 24.9 Å². The number of nitrogens with one attached hydrogen (secondary N) is 1. The lowest BCUT2D eigenvalue weighted by Gasteiger charge is -2.09. The van der Waals surface area contributed by atoms with Crippen LogP contribution in [0.5, 0.6) is 0 Å². The summed E-state index contributed by atoms with van der Waals surface area (Å²) in [6.45, 7) is 11.3. The van der Waals surface area contributed by atoms with E-state index in [0.717, 1.165) is 38.9 Å². The van der Waals surface area contributed by atoms with E-state index in [9.17, 15) is 0 Å². The summed E-state index contributed by atoms with van der Waals surface area (Å²) in [5.41, 5.74) is 3.93. The molecule has 0 bridgehead atoms. The molecule has 0 saturated carbocycles. The fourth-order valence-electron chi connectivity index (χ4n) is 2.44. The minimum Gasteiger partial charge on any atom is -0.382 e. The molecular weight excluding hydrogens is 266 g/mol. The smallest absolute Gasteiger partial charge is 0.0701 e. The van der Waals surface area contributed by atoms with Crippen molar-refractivity contribution >= 4 is 0 Å². The SMILES string of the molecule is CCCNCc1c(CC)nn(CCOCCOC)c1CC. The van der Waals surface area contributed by atoms with Crippen LogP contribution in [0.25, 0.3) is 0 Å². The van der Waals surface area contributed by atoms with E-state index in [1.807, 2.05) is 0 Å². The van der Waals surface area contributed by atoms with E-state index in [4.69, 9.17) is 14.6 Å². The number of aromatic nitrogens is 2. The van der Waals surface area contributed by atoms with Crippen molar-refractivity contribution in [3.8, 4) is 0 Å². The highest BCUT2D eigenvalue weighted by Crippen LogP contribution is 2.16. The van der Waals surface area contributed by atoms with Gasteiger partial charge in [0.15, 0.2) is 0 Å². The molecule has 0 aliphatic rings. The predicted molar refractivity (Wildman–Crippen MR) is 85.7 cm³/mol. The van der Waals surface area contributed by atoms with Crippen molar-refractivity contribution in [3.05, 3.63) is 17.0 Å². The zero-order chi connectivity index (χ0) is 15.5. The second kappa shape index (κ2) is 10.8. The van der Waals surface area contributed by atoms with Gasteiger partial charge in [0.05, 0.1) is 32.1 Å². The number of nitrogens with zero attached hydrogens (tertiary/aromatic N) is 2. The van der Waals surface area contributed by atoms with Crippen molar-refractivity contribution in [2.45, 2.75) is 53.1 Å². The molecule has 0 fully saturated rings. The fraction of sp³-hybridized carbons (Fsp3) is 0.812. The molecule has 5 heteroatoms. The lowest BCUT2D eigenvalue weighted by molar-refractivity contribution is 0.0651. The molecule has 0 aromatic carbocycles. The van der Waals surface area contributed by atoms with E-state index in [1.165, 1.54) is 17.0 Å². The van der Waals surface area contributed by atoms with Gasteiger partial charge in [0.25, 0.3) is 0 Å². The Morgan fingerprint density at radius 1 is 1.10 bits per heavy atom. The standard InChI is InChI=1S/C16H31N3O2/c1-5-8-17-13-14-15(6-2)18-19(16(14)7-3)9-10-21-12-11-20-4/h17H,5-13H2,1-4H3. The van der Waals surface area contributed by atoms with Gasteiger partial charge in [0.2, 0.25) is 0 Å². The van der Waals surface area contributed by atoms with E-state index < -0.39 is 0 Å². The van der Waals surface area contributed by atoms with Crippen molar-refractivity contribution in [3.63, 3.8) is 0 Å². The second-order valence-corrected chi connectivity index (χ2v) is 5.08. The molecule has 0 atom stereocenters. The third kappa shape index (κ3) is 5.77. The highest BCUT2D eigenvalue weighted by atomic mass is 16.5. The molecule has 1 N–H and O–H groups in total. The van der Waals surface area contributed by atoms with E-state index in [0.29, 0.717) is 19.8 Å². The lowest BCUT2D eigenvalue weighted by atomic mass is 10.1. The molecule has 0 unspecified atom stereocenters. The Morgan fingerprint density at radius 3 is 2.52 bits per heavy atom. The quantitative estimate of drug-likeness (QED) is 0.601. The van der Waals surface area contributed by atoms with Crippen LogP contribution in [-0.2, 0) is 35.4 Å². The molecule has 0 aliphatic carbocycles. The maximum atomic E-state index is 5.56. The minimum absolute atomic E-state index is 0.644. The molecule has 0 aliphatic heterocycles. The number of methoxy groups -OCH3 is 1. The van der Waals surface area contributed by atoms with Gasteiger partial charge in [-0.1, -0.05) is 20.8 Å². The molecule has 5 nitrogen and oxygen atoms in total. The molecule has 1 aromatic rings. The van der Waals surface area contributed by atoms with Gasteiger partial charge >= 0.3 is 0 Å². The van der Waals surface area contributed by atoms with Gasteiger partial charge in [-0.15, -0.1) is 0 Å². The summed E-state index contributed by atoms with van der Waals surface area (Å²) in [5, 5.41) is 8.26. The molecule has 21 heavy (non-hydrogen) atoms. The number of ether oxygens (including phenoxy) is 2. The van der Waals surface area contributed by atoms with Crippen LogP contribution in [0.3, 0.4) is 0 Å². The zero-order valence-electron chi connectivity index (χ0n) is 14.1. The first-order valence-electron chi connectivity index (χ1n) is 8.13. The average molecular weight is 297 g/mol. The van der Waals surface area contributed by atoms with E-state index in [-0.39, 0.29) is 0 Å². The van der Waals surface area contributed by atoms with Crippen molar-refractivity contribution in [1.29, 1.82) is 0 Å². The zero-order valence-corrected chi connectivity index (χ0v) is 14.1. The van der Waals surface area contributed by atoms with Crippen molar-refractivity contribution in [2.24, 2.45) is 0 Å². The summed E-state index contributed by atoms with van der Waals surface area (Å²) < 4.78 is 12.7. The van der Waals surface area contributed by atoms with E-state index in [2.05, 4.69) is 30.8 Å². The van der Waals surface area contributed by atoms with Gasteiger partial charge in [-0.25, -0.2) is 0 Å². The van der Waals surface area contributed by atoms with Crippen LogP contribution in [0.2, 0.25) is 0 Å². The Balaban J connectivity index is 2.65. The third-order valence-electron chi connectivity index (χ3n) is 3.53. The molecule has 0 spiro atoms. The minimum atomic E-state index is 0.644. The molecule has 0 saturated heterocycles. The number of aryl methyl sites for hydroxylation is 1. The van der Waals surface area contributed by atoms with Crippen molar-refractivity contribution in [2.75, 3.05) is 33.5 Å². The van der Waals surface area contributed by atoms with Gasteiger partial charge in [0.1, 0.15) is 0 Å². The van der Waals surface area contributed by atoms with Gasteiger partial charge < -0.3 is 14.8 Å². The number of hydrogen-bond donors (Lipinski definition) is 1. The highest BCUT2D eigenvalue weighted by Gasteiger charge is 2.14. The largest absolute Gasteiger partial charge is 0.382 e. The summed E-state index contributed by atoms with van der Waals surface area (Å²) in [6, 6.07) is 0. The fourth-order valence-corrected chi connectivity index (χ4v) is 2.44. The van der Waals surface area contributed by atoms with Crippen LogP contribution in [0.4, 0.5) is 0 Å². The molecule has 0 radical (unpaired) electrons. The molecule has 0 amide bonds. The average Bonchev–Trinajstić information content (AvgIpc) is 2.84. The van der Waals surface area contributed by atoms with Crippen LogP contribution in [0, 0.1) is 0 Å². The monoisotopic (exact) mass is 297 g/mol. The Morgan fingerprint density at radius 2 is 1.90 bits per heavy atom. The summed E-state index contributed by atoms with van der Waals surface area (Å²) >= 11 is 0. The van der Waals surface area contributed by atoms with Crippen LogP contribution in [-0.4, -0.2) is 43.3 Å². The van der Waals surface area contributed by atoms with Crippen LogP contribution >= 0.6 is 0 Å². The van der Waals surface area contributed by atoms with Crippen molar-refractivity contribution in [1.82, 2.24) is 15.1 Å². The first-order chi connectivity index (χ1) is 10.3. The summed E-state index contributed by atoms with van der Waals surface area (Å²) in [4.78, 5) is 0.